The summed E-state index contributed by atoms with van der Waals surface area (Å²) in [5, 5.41) is 8.50. The van der Waals surface area contributed by atoms with E-state index in [-0.39, 0.29) is 23.4 Å². The molecule has 0 fully saturated rings. The van der Waals surface area contributed by atoms with Crippen LogP contribution in [-0.4, -0.2) is 63.8 Å². The van der Waals surface area contributed by atoms with Gasteiger partial charge in [0.05, 0.1) is 22.9 Å². The number of ether oxygens (including phenoxy) is 1. The van der Waals surface area contributed by atoms with Crippen LogP contribution >= 0.6 is 0 Å². The molecule has 0 heterocycles. The minimum Gasteiger partial charge on any atom is -0.452 e. The van der Waals surface area contributed by atoms with E-state index in [9.17, 15) is 18.0 Å². The monoisotopic (exact) mass is 367 g/mol. The summed E-state index contributed by atoms with van der Waals surface area (Å²) < 4.78 is 30.3. The summed E-state index contributed by atoms with van der Waals surface area (Å²) >= 11 is 0. The smallest absolute Gasteiger partial charge is 0.338 e. The fraction of sp³-hybridized carbons (Fsp3) is 0.438. The van der Waals surface area contributed by atoms with Crippen molar-refractivity contribution in [1.82, 2.24) is 9.21 Å². The van der Waals surface area contributed by atoms with Gasteiger partial charge in [-0.1, -0.05) is 6.07 Å². The van der Waals surface area contributed by atoms with Gasteiger partial charge in [0.2, 0.25) is 10.0 Å². The van der Waals surface area contributed by atoms with E-state index in [0.29, 0.717) is 5.56 Å². The summed E-state index contributed by atoms with van der Waals surface area (Å²) in [7, 11) is 0.602. The second kappa shape index (κ2) is 8.60. The Morgan fingerprint density at radius 2 is 1.88 bits per heavy atom. The third-order valence-corrected chi connectivity index (χ3v) is 5.33. The minimum atomic E-state index is -3.68. The molecule has 8 nitrogen and oxygen atoms in total. The zero-order valence-corrected chi connectivity index (χ0v) is 15.5. The number of aryl methyl sites for hydroxylation is 1. The molecule has 0 N–H and O–H groups in total. The van der Waals surface area contributed by atoms with Gasteiger partial charge in [0.15, 0.2) is 6.61 Å². The first-order chi connectivity index (χ1) is 11.6. The molecule has 9 heteroatoms. The highest BCUT2D eigenvalue weighted by Crippen LogP contribution is 2.19. The van der Waals surface area contributed by atoms with Crippen LogP contribution in [0.25, 0.3) is 0 Å². The van der Waals surface area contributed by atoms with Crippen molar-refractivity contribution < 1.29 is 22.7 Å². The average molecular weight is 367 g/mol. The SMILES string of the molecule is Cc1ccc(S(=O)(=O)N(C)C)cc1C(=O)OCC(=O)N(C)CCC#N. The van der Waals surface area contributed by atoms with Crippen molar-refractivity contribution in [3.8, 4) is 6.07 Å². The fourth-order valence-corrected chi connectivity index (χ4v) is 2.78. The zero-order chi connectivity index (χ0) is 19.2. The molecule has 0 atom stereocenters. The molecule has 0 saturated heterocycles. The maximum Gasteiger partial charge on any atom is 0.338 e. The third-order valence-electron chi connectivity index (χ3n) is 3.52. The number of carbonyl (C=O) groups is 2. The summed E-state index contributed by atoms with van der Waals surface area (Å²) in [6, 6.07) is 6.06. The quantitative estimate of drug-likeness (QED) is 0.659. The first kappa shape index (κ1) is 20.6. The number of nitrogens with zero attached hydrogens (tertiary/aromatic N) is 3. The molecule has 0 aliphatic carbocycles. The Hall–Kier alpha value is -2.44. The predicted molar refractivity (Wildman–Crippen MR) is 90.2 cm³/mol. The van der Waals surface area contributed by atoms with Crippen molar-refractivity contribution in [2.45, 2.75) is 18.2 Å². The van der Waals surface area contributed by atoms with Crippen LogP contribution in [0.15, 0.2) is 23.1 Å². The van der Waals surface area contributed by atoms with Gasteiger partial charge < -0.3 is 9.64 Å². The van der Waals surface area contributed by atoms with Gasteiger partial charge in [-0.25, -0.2) is 17.5 Å². The number of sulfonamides is 1. The van der Waals surface area contributed by atoms with Crippen LogP contribution in [0, 0.1) is 18.3 Å². The van der Waals surface area contributed by atoms with E-state index >= 15 is 0 Å². The van der Waals surface area contributed by atoms with Gasteiger partial charge in [0.1, 0.15) is 0 Å². The predicted octanol–water partition coefficient (Wildman–Crippen LogP) is 0.774. The van der Waals surface area contributed by atoms with Gasteiger partial charge >= 0.3 is 5.97 Å². The lowest BCUT2D eigenvalue weighted by molar-refractivity contribution is -0.133. The summed E-state index contributed by atoms with van der Waals surface area (Å²) in [5.74, 6) is -1.23. The highest BCUT2D eigenvalue weighted by atomic mass is 32.2. The standard InChI is InChI=1S/C16H21N3O5S/c1-12-6-7-13(25(22,23)18(2)3)10-14(12)16(21)24-11-15(20)19(4)9-5-8-17/h6-7,10H,5,9,11H2,1-4H3. The van der Waals surface area contributed by atoms with Gasteiger partial charge in [-0.15, -0.1) is 0 Å². The van der Waals surface area contributed by atoms with Crippen LogP contribution in [0.4, 0.5) is 0 Å². The van der Waals surface area contributed by atoms with Crippen LogP contribution in [-0.2, 0) is 19.6 Å². The second-order valence-electron chi connectivity index (χ2n) is 5.56. The molecule has 0 unspecified atom stereocenters. The highest BCUT2D eigenvalue weighted by Gasteiger charge is 2.21. The normalized spacial score (nSPS) is 11.0. The van der Waals surface area contributed by atoms with E-state index < -0.39 is 28.5 Å². The van der Waals surface area contributed by atoms with Gasteiger partial charge in [-0.2, -0.15) is 5.26 Å². The average Bonchev–Trinajstić information content (AvgIpc) is 2.57. The molecule has 0 saturated carbocycles. The second-order valence-corrected chi connectivity index (χ2v) is 7.72. The Balaban J connectivity index is 2.89. The molecule has 0 aliphatic rings. The number of hydrogen-bond acceptors (Lipinski definition) is 6. The Kier molecular flexibility index (Phi) is 7.09. The lowest BCUT2D eigenvalue weighted by atomic mass is 10.1. The maximum atomic E-state index is 12.2. The van der Waals surface area contributed by atoms with Crippen molar-refractivity contribution >= 4 is 21.9 Å². The number of benzene rings is 1. The molecule has 0 aromatic heterocycles. The summed E-state index contributed by atoms with van der Waals surface area (Å²) in [6.07, 6.45) is 0.180. The number of rotatable bonds is 7. The zero-order valence-electron chi connectivity index (χ0n) is 14.6. The van der Waals surface area contributed by atoms with E-state index in [2.05, 4.69) is 0 Å². The van der Waals surface area contributed by atoms with Crippen LogP contribution in [0.2, 0.25) is 0 Å². The molecule has 0 radical (unpaired) electrons. The van der Waals surface area contributed by atoms with Gasteiger partial charge in [0, 0.05) is 27.7 Å². The van der Waals surface area contributed by atoms with E-state index in [1.165, 1.54) is 44.2 Å². The van der Waals surface area contributed by atoms with Crippen LogP contribution in [0.5, 0.6) is 0 Å². The largest absolute Gasteiger partial charge is 0.452 e. The molecule has 1 amide bonds. The Bertz CT molecular complexity index is 796. The van der Waals surface area contributed by atoms with E-state index in [1.807, 2.05) is 6.07 Å². The van der Waals surface area contributed by atoms with E-state index in [0.717, 1.165) is 4.31 Å². The van der Waals surface area contributed by atoms with Crippen molar-refractivity contribution in [3.05, 3.63) is 29.3 Å². The number of amides is 1. The molecular formula is C16H21N3O5S. The third kappa shape index (κ3) is 5.27. The number of nitriles is 1. The number of esters is 1. The van der Waals surface area contributed by atoms with Crippen molar-refractivity contribution in [2.75, 3.05) is 34.3 Å². The van der Waals surface area contributed by atoms with Gasteiger partial charge in [-0.05, 0) is 24.6 Å². The molecule has 136 valence electrons. The number of hydrogen-bond donors (Lipinski definition) is 0. The number of likely N-dealkylation sites (N-methyl/N-ethyl adjacent to an activating group) is 1. The van der Waals surface area contributed by atoms with Crippen molar-refractivity contribution in [2.24, 2.45) is 0 Å². The Morgan fingerprint density at radius 3 is 2.44 bits per heavy atom. The van der Waals surface area contributed by atoms with E-state index in [4.69, 9.17) is 10.00 Å². The first-order valence-corrected chi connectivity index (χ1v) is 8.86. The Morgan fingerprint density at radius 1 is 1.24 bits per heavy atom. The van der Waals surface area contributed by atoms with Crippen molar-refractivity contribution in [1.29, 1.82) is 5.26 Å². The van der Waals surface area contributed by atoms with Gasteiger partial charge in [0.25, 0.3) is 5.91 Å². The first-order valence-electron chi connectivity index (χ1n) is 7.42. The lowest BCUT2D eigenvalue weighted by Gasteiger charge is -2.16. The molecular weight excluding hydrogens is 346 g/mol. The number of carbonyl (C=O) groups excluding carboxylic acids is 2. The molecule has 1 aromatic carbocycles. The molecule has 0 bridgehead atoms. The summed E-state index contributed by atoms with van der Waals surface area (Å²) in [4.78, 5) is 25.3. The molecule has 25 heavy (non-hydrogen) atoms. The van der Waals surface area contributed by atoms with Crippen LogP contribution in [0.3, 0.4) is 0 Å². The molecule has 0 aliphatic heterocycles. The summed E-state index contributed by atoms with van der Waals surface area (Å²) in [6.45, 7) is 1.40. The molecule has 0 spiro atoms. The lowest BCUT2D eigenvalue weighted by Crippen LogP contribution is -2.32. The highest BCUT2D eigenvalue weighted by molar-refractivity contribution is 7.89. The van der Waals surface area contributed by atoms with Crippen molar-refractivity contribution in [3.63, 3.8) is 0 Å². The summed E-state index contributed by atoms with van der Waals surface area (Å²) in [5.41, 5.74) is 0.614. The topological polar surface area (TPSA) is 108 Å². The van der Waals surface area contributed by atoms with Gasteiger partial charge in [-0.3, -0.25) is 4.79 Å². The van der Waals surface area contributed by atoms with Crippen LogP contribution < -0.4 is 0 Å². The minimum absolute atomic E-state index is 0.0347. The maximum absolute atomic E-state index is 12.2. The molecule has 1 aromatic rings. The van der Waals surface area contributed by atoms with Crippen LogP contribution in [0.1, 0.15) is 22.3 Å². The van der Waals surface area contributed by atoms with E-state index in [1.54, 1.807) is 6.92 Å². The Labute approximate surface area is 147 Å². The fourth-order valence-electron chi connectivity index (χ4n) is 1.85. The molecule has 1 rings (SSSR count).